The van der Waals surface area contributed by atoms with Crippen molar-refractivity contribution >= 4 is 0 Å². The highest BCUT2D eigenvalue weighted by Crippen LogP contribution is 2.27. The summed E-state index contributed by atoms with van der Waals surface area (Å²) < 4.78 is 5.92. The first-order chi connectivity index (χ1) is 10.3. The van der Waals surface area contributed by atoms with Crippen molar-refractivity contribution < 1.29 is 4.74 Å². The number of nitrogens with one attached hydrogen (secondary N) is 1. The van der Waals surface area contributed by atoms with E-state index in [9.17, 15) is 0 Å². The summed E-state index contributed by atoms with van der Waals surface area (Å²) in [6, 6.07) is 10.3. The number of ether oxygens (including phenoxy) is 1. The van der Waals surface area contributed by atoms with Gasteiger partial charge in [-0.25, -0.2) is 9.97 Å². The SMILES string of the molecule is CCCNC(CC)c1ccccc1OCc1ncccn1. The fourth-order valence-electron chi connectivity index (χ4n) is 2.24. The first kappa shape index (κ1) is 15.4. The average Bonchev–Trinajstić information content (AvgIpc) is 2.55. The number of nitrogens with zero attached hydrogens (tertiary/aromatic N) is 2. The second-order valence-electron chi connectivity index (χ2n) is 4.91. The molecule has 1 aromatic heterocycles. The topological polar surface area (TPSA) is 47.0 Å². The molecule has 4 heteroatoms. The van der Waals surface area contributed by atoms with Gasteiger partial charge in [0.15, 0.2) is 5.82 Å². The molecule has 0 fully saturated rings. The molecule has 0 aliphatic rings. The van der Waals surface area contributed by atoms with Crippen LogP contribution in [0.4, 0.5) is 0 Å². The number of hydrogen-bond donors (Lipinski definition) is 1. The molecule has 112 valence electrons. The second-order valence-corrected chi connectivity index (χ2v) is 4.91. The Morgan fingerprint density at radius 1 is 1.10 bits per heavy atom. The molecule has 0 spiro atoms. The van der Waals surface area contributed by atoms with Gasteiger partial charge in [-0.15, -0.1) is 0 Å². The van der Waals surface area contributed by atoms with Gasteiger partial charge in [-0.2, -0.15) is 0 Å². The van der Waals surface area contributed by atoms with Crippen molar-refractivity contribution in [3.8, 4) is 5.75 Å². The van der Waals surface area contributed by atoms with Gasteiger partial charge in [0.2, 0.25) is 0 Å². The van der Waals surface area contributed by atoms with Crippen molar-refractivity contribution in [1.29, 1.82) is 0 Å². The zero-order valence-corrected chi connectivity index (χ0v) is 12.7. The first-order valence-electron chi connectivity index (χ1n) is 7.56. The lowest BCUT2D eigenvalue weighted by Gasteiger charge is -2.20. The van der Waals surface area contributed by atoms with Crippen LogP contribution in [0.25, 0.3) is 0 Å². The molecule has 1 N–H and O–H groups in total. The van der Waals surface area contributed by atoms with Crippen LogP contribution in [0.5, 0.6) is 5.75 Å². The lowest BCUT2D eigenvalue weighted by molar-refractivity contribution is 0.288. The van der Waals surface area contributed by atoms with E-state index in [4.69, 9.17) is 4.74 Å². The molecule has 0 radical (unpaired) electrons. The molecule has 1 aromatic carbocycles. The van der Waals surface area contributed by atoms with Crippen LogP contribution in [0.1, 0.15) is 44.1 Å². The van der Waals surface area contributed by atoms with E-state index in [1.807, 2.05) is 12.1 Å². The van der Waals surface area contributed by atoms with Crippen molar-refractivity contribution in [2.45, 2.75) is 39.3 Å². The number of hydrogen-bond acceptors (Lipinski definition) is 4. The fraction of sp³-hybridized carbons (Fsp3) is 0.412. The Hall–Kier alpha value is -1.94. The summed E-state index contributed by atoms with van der Waals surface area (Å²) >= 11 is 0. The summed E-state index contributed by atoms with van der Waals surface area (Å²) in [5.74, 6) is 1.60. The zero-order valence-electron chi connectivity index (χ0n) is 12.7. The molecule has 21 heavy (non-hydrogen) atoms. The van der Waals surface area contributed by atoms with Crippen LogP contribution in [-0.4, -0.2) is 16.5 Å². The number of aromatic nitrogens is 2. The number of rotatable bonds is 8. The quantitative estimate of drug-likeness (QED) is 0.806. The normalized spacial score (nSPS) is 12.1. The van der Waals surface area contributed by atoms with E-state index in [0.717, 1.165) is 25.1 Å². The van der Waals surface area contributed by atoms with Crippen molar-refractivity contribution in [1.82, 2.24) is 15.3 Å². The minimum Gasteiger partial charge on any atom is -0.485 e. The van der Waals surface area contributed by atoms with E-state index in [1.165, 1.54) is 5.56 Å². The minimum absolute atomic E-state index is 0.317. The maximum absolute atomic E-state index is 5.92. The molecule has 1 heterocycles. The maximum atomic E-state index is 5.92. The van der Waals surface area contributed by atoms with Crippen LogP contribution >= 0.6 is 0 Å². The van der Waals surface area contributed by atoms with E-state index in [1.54, 1.807) is 18.5 Å². The van der Waals surface area contributed by atoms with E-state index in [2.05, 4.69) is 41.3 Å². The van der Waals surface area contributed by atoms with Gasteiger partial charge in [0.05, 0.1) is 0 Å². The Kier molecular flexibility index (Phi) is 6.16. The Balaban J connectivity index is 2.08. The van der Waals surface area contributed by atoms with Gasteiger partial charge < -0.3 is 10.1 Å². The maximum Gasteiger partial charge on any atom is 0.166 e. The summed E-state index contributed by atoms with van der Waals surface area (Å²) in [5, 5.41) is 3.56. The molecule has 2 aromatic rings. The van der Waals surface area contributed by atoms with E-state index in [0.29, 0.717) is 18.5 Å². The van der Waals surface area contributed by atoms with Gasteiger partial charge in [-0.3, -0.25) is 0 Å². The lowest BCUT2D eigenvalue weighted by atomic mass is 10.0. The molecule has 4 nitrogen and oxygen atoms in total. The van der Waals surface area contributed by atoms with Gasteiger partial charge in [0.1, 0.15) is 12.4 Å². The van der Waals surface area contributed by atoms with E-state index in [-0.39, 0.29) is 0 Å². The van der Waals surface area contributed by atoms with E-state index >= 15 is 0 Å². The summed E-state index contributed by atoms with van der Waals surface area (Å²) in [4.78, 5) is 8.37. The molecule has 0 amide bonds. The molecular weight excluding hydrogens is 262 g/mol. The number of para-hydroxylation sites is 1. The predicted molar refractivity (Wildman–Crippen MR) is 84.1 cm³/mol. The highest BCUT2D eigenvalue weighted by molar-refractivity contribution is 5.36. The Morgan fingerprint density at radius 2 is 1.86 bits per heavy atom. The molecule has 2 rings (SSSR count). The van der Waals surface area contributed by atoms with Crippen LogP contribution in [0.15, 0.2) is 42.7 Å². The largest absolute Gasteiger partial charge is 0.485 e. The molecule has 0 saturated carbocycles. The third-order valence-corrected chi connectivity index (χ3v) is 3.32. The molecule has 1 unspecified atom stereocenters. The molecule has 0 aliphatic heterocycles. The van der Waals surface area contributed by atoms with Gasteiger partial charge >= 0.3 is 0 Å². The second kappa shape index (κ2) is 8.37. The average molecular weight is 285 g/mol. The van der Waals surface area contributed by atoms with Gasteiger partial charge in [0.25, 0.3) is 0 Å². The third-order valence-electron chi connectivity index (χ3n) is 3.32. The highest BCUT2D eigenvalue weighted by Gasteiger charge is 2.13. The summed E-state index contributed by atoms with van der Waals surface area (Å²) in [6.45, 7) is 5.76. The van der Waals surface area contributed by atoms with Crippen molar-refractivity contribution in [2.24, 2.45) is 0 Å². The molecular formula is C17H23N3O. The van der Waals surface area contributed by atoms with Crippen LogP contribution in [0.2, 0.25) is 0 Å². The van der Waals surface area contributed by atoms with Crippen LogP contribution in [0.3, 0.4) is 0 Å². The smallest absolute Gasteiger partial charge is 0.166 e. The fourth-order valence-corrected chi connectivity index (χ4v) is 2.24. The Morgan fingerprint density at radius 3 is 2.57 bits per heavy atom. The molecule has 1 atom stereocenters. The standard InChI is InChI=1S/C17H23N3O/c1-3-10-18-15(4-2)14-8-5-6-9-16(14)21-13-17-19-11-7-12-20-17/h5-9,11-12,15,18H,3-4,10,13H2,1-2H3. The van der Waals surface area contributed by atoms with Gasteiger partial charge in [0, 0.05) is 24.0 Å². The lowest BCUT2D eigenvalue weighted by Crippen LogP contribution is -2.22. The summed E-state index contributed by atoms with van der Waals surface area (Å²) in [7, 11) is 0. The third kappa shape index (κ3) is 4.53. The van der Waals surface area contributed by atoms with E-state index < -0.39 is 0 Å². The predicted octanol–water partition coefficient (Wildman–Crippen LogP) is 3.51. The summed E-state index contributed by atoms with van der Waals surface area (Å²) in [6.07, 6.45) is 5.62. The highest BCUT2D eigenvalue weighted by atomic mass is 16.5. The summed E-state index contributed by atoms with van der Waals surface area (Å²) in [5.41, 5.74) is 1.20. The van der Waals surface area contributed by atoms with Crippen LogP contribution < -0.4 is 10.1 Å². The minimum atomic E-state index is 0.317. The Labute approximate surface area is 126 Å². The molecule has 0 saturated heterocycles. The van der Waals surface area contributed by atoms with Crippen molar-refractivity contribution in [2.75, 3.05) is 6.54 Å². The molecule has 0 aliphatic carbocycles. The van der Waals surface area contributed by atoms with Gasteiger partial charge in [-0.05, 0) is 31.5 Å². The van der Waals surface area contributed by atoms with Crippen molar-refractivity contribution in [3.63, 3.8) is 0 Å². The monoisotopic (exact) mass is 285 g/mol. The van der Waals surface area contributed by atoms with Crippen molar-refractivity contribution in [3.05, 3.63) is 54.1 Å². The molecule has 0 bridgehead atoms. The van der Waals surface area contributed by atoms with Gasteiger partial charge in [-0.1, -0.05) is 32.0 Å². The Bertz CT molecular complexity index is 531. The van der Waals surface area contributed by atoms with Crippen LogP contribution in [0, 0.1) is 0 Å². The van der Waals surface area contributed by atoms with Crippen LogP contribution in [-0.2, 0) is 6.61 Å². The first-order valence-corrected chi connectivity index (χ1v) is 7.56. The zero-order chi connectivity index (χ0) is 14.9. The number of benzene rings is 1.